The van der Waals surface area contributed by atoms with E-state index in [1.807, 2.05) is 0 Å². The van der Waals surface area contributed by atoms with Crippen molar-refractivity contribution in [3.8, 4) is 5.75 Å². The second-order valence-corrected chi connectivity index (χ2v) is 7.67. The van der Waals surface area contributed by atoms with E-state index >= 15 is 0 Å². The normalized spacial score (nSPS) is 19.9. The van der Waals surface area contributed by atoms with E-state index < -0.39 is 29.9 Å². The third-order valence-corrected chi connectivity index (χ3v) is 5.33. The number of urea groups is 1. The minimum Gasteiger partial charge on any atom is -0.492 e. The van der Waals surface area contributed by atoms with E-state index in [1.165, 1.54) is 6.26 Å². The molecule has 0 aliphatic carbocycles. The Hall–Kier alpha value is -3.46. The van der Waals surface area contributed by atoms with Crippen molar-refractivity contribution in [2.45, 2.75) is 19.4 Å². The van der Waals surface area contributed by atoms with Crippen molar-refractivity contribution in [2.24, 2.45) is 5.92 Å². The number of carbonyl (C=O) groups is 3. The number of carbonyl (C=O) groups excluding carboxylic acids is 3. The van der Waals surface area contributed by atoms with Gasteiger partial charge in [-0.1, -0.05) is 11.6 Å². The van der Waals surface area contributed by atoms with E-state index in [9.17, 15) is 14.4 Å². The lowest BCUT2D eigenvalue weighted by Gasteiger charge is -2.28. The molecule has 1 aromatic carbocycles. The maximum absolute atomic E-state index is 12.7. The third-order valence-electron chi connectivity index (χ3n) is 5.10. The van der Waals surface area contributed by atoms with Gasteiger partial charge in [-0.25, -0.2) is 9.59 Å². The molecule has 0 spiro atoms. The summed E-state index contributed by atoms with van der Waals surface area (Å²) in [5.41, 5.74) is 1.04. The summed E-state index contributed by atoms with van der Waals surface area (Å²) in [5, 5.41) is 5.72. The highest BCUT2D eigenvalue weighted by atomic mass is 35.5. The predicted molar refractivity (Wildman–Crippen MR) is 112 cm³/mol. The summed E-state index contributed by atoms with van der Waals surface area (Å²) >= 11 is 6.03. The molecule has 168 valence electrons. The van der Waals surface area contributed by atoms with Gasteiger partial charge in [0.25, 0.3) is 0 Å². The molecular weight excluding hydrogens is 440 g/mol. The van der Waals surface area contributed by atoms with Crippen LogP contribution in [0.5, 0.6) is 5.75 Å². The lowest BCUT2D eigenvalue weighted by molar-refractivity contribution is -0.149. The summed E-state index contributed by atoms with van der Waals surface area (Å²) in [6.45, 7) is 1.63. The molecular formula is C22H21ClN2O7. The second kappa shape index (κ2) is 9.35. The van der Waals surface area contributed by atoms with Crippen LogP contribution in [-0.2, 0) is 25.5 Å². The molecule has 2 amide bonds. The molecule has 0 bridgehead atoms. The first-order valence-corrected chi connectivity index (χ1v) is 10.4. The standard InChI is InChI=1S/C22H21ClN2O7/c1-2-29-21(27)18-15(24-22(28)25-19(18)17-4-3-7-30-17)11-32-20(26)13-8-12-9-14(23)5-6-16(12)31-10-13/h3-7,9,13,19H,2,8,10-11H2,1H3,(H2,24,25,28)/t13-,19+/m0/s1. The summed E-state index contributed by atoms with van der Waals surface area (Å²) in [6, 6.07) is 7.06. The van der Waals surface area contributed by atoms with Crippen LogP contribution in [0, 0.1) is 5.92 Å². The van der Waals surface area contributed by atoms with Crippen molar-refractivity contribution in [3.05, 3.63) is 64.2 Å². The highest BCUT2D eigenvalue weighted by Gasteiger charge is 2.36. The summed E-state index contributed by atoms with van der Waals surface area (Å²) in [6.07, 6.45) is 1.83. The van der Waals surface area contributed by atoms with Crippen molar-refractivity contribution in [1.82, 2.24) is 10.6 Å². The summed E-state index contributed by atoms with van der Waals surface area (Å²) in [4.78, 5) is 37.6. The summed E-state index contributed by atoms with van der Waals surface area (Å²) in [5.74, 6) is -0.699. The molecule has 3 heterocycles. The van der Waals surface area contributed by atoms with Gasteiger partial charge in [0, 0.05) is 5.02 Å². The maximum Gasteiger partial charge on any atom is 0.338 e. The van der Waals surface area contributed by atoms with Gasteiger partial charge in [0.2, 0.25) is 0 Å². The SMILES string of the molecule is CCOC(=O)C1=C(COC(=O)[C@@H]2COc3ccc(Cl)cc3C2)NC(=O)N[C@@H]1c1ccco1. The molecule has 1 aromatic heterocycles. The highest BCUT2D eigenvalue weighted by molar-refractivity contribution is 6.30. The smallest absolute Gasteiger partial charge is 0.338 e. The molecule has 9 nitrogen and oxygen atoms in total. The Kier molecular flexibility index (Phi) is 6.36. The fourth-order valence-corrected chi connectivity index (χ4v) is 3.82. The quantitative estimate of drug-likeness (QED) is 0.636. The van der Waals surface area contributed by atoms with Crippen LogP contribution in [0.4, 0.5) is 4.79 Å². The molecule has 2 aliphatic heterocycles. The van der Waals surface area contributed by atoms with Crippen molar-refractivity contribution in [3.63, 3.8) is 0 Å². The number of hydrogen-bond donors (Lipinski definition) is 2. The van der Waals surface area contributed by atoms with Gasteiger partial charge in [-0.3, -0.25) is 4.79 Å². The van der Waals surface area contributed by atoms with Crippen LogP contribution in [0.15, 0.2) is 52.3 Å². The molecule has 0 radical (unpaired) electrons. The Labute approximate surface area is 188 Å². The number of amides is 2. The van der Waals surface area contributed by atoms with Crippen LogP contribution in [-0.4, -0.2) is 37.8 Å². The molecule has 0 saturated carbocycles. The Morgan fingerprint density at radius 3 is 2.84 bits per heavy atom. The second-order valence-electron chi connectivity index (χ2n) is 7.23. The van der Waals surface area contributed by atoms with E-state index in [4.69, 9.17) is 30.2 Å². The molecule has 0 saturated heterocycles. The number of furan rings is 1. The Balaban J connectivity index is 1.52. The molecule has 2 N–H and O–H groups in total. The zero-order chi connectivity index (χ0) is 22.7. The third kappa shape index (κ3) is 4.57. The van der Waals surface area contributed by atoms with E-state index in [1.54, 1.807) is 37.3 Å². The maximum atomic E-state index is 12.7. The van der Waals surface area contributed by atoms with Crippen molar-refractivity contribution < 1.29 is 33.0 Å². The molecule has 2 aliphatic rings. The molecule has 4 rings (SSSR count). The number of nitrogens with one attached hydrogen (secondary N) is 2. The minimum atomic E-state index is -0.876. The van der Waals surface area contributed by atoms with Crippen molar-refractivity contribution in [2.75, 3.05) is 19.8 Å². The molecule has 2 aromatic rings. The van der Waals surface area contributed by atoms with Gasteiger partial charge in [-0.05, 0) is 49.2 Å². The first-order chi connectivity index (χ1) is 15.5. The Morgan fingerprint density at radius 2 is 2.09 bits per heavy atom. The zero-order valence-corrected chi connectivity index (χ0v) is 17.9. The van der Waals surface area contributed by atoms with E-state index in [-0.39, 0.29) is 31.1 Å². The number of ether oxygens (including phenoxy) is 3. The highest BCUT2D eigenvalue weighted by Crippen LogP contribution is 2.31. The van der Waals surface area contributed by atoms with Crippen LogP contribution in [0.3, 0.4) is 0 Å². The number of fused-ring (bicyclic) bond motifs is 1. The van der Waals surface area contributed by atoms with Crippen LogP contribution < -0.4 is 15.4 Å². The van der Waals surface area contributed by atoms with E-state index in [0.717, 1.165) is 5.56 Å². The summed E-state index contributed by atoms with van der Waals surface area (Å²) in [7, 11) is 0. The van der Waals surface area contributed by atoms with Crippen LogP contribution in [0.1, 0.15) is 24.3 Å². The molecule has 2 atom stereocenters. The topological polar surface area (TPSA) is 116 Å². The Bertz CT molecular complexity index is 1060. The van der Waals surface area contributed by atoms with Gasteiger partial charge in [-0.2, -0.15) is 0 Å². The number of esters is 2. The lowest BCUT2D eigenvalue weighted by atomic mass is 9.97. The van der Waals surface area contributed by atoms with Gasteiger partial charge in [0.15, 0.2) is 0 Å². The fourth-order valence-electron chi connectivity index (χ4n) is 3.63. The van der Waals surface area contributed by atoms with Gasteiger partial charge >= 0.3 is 18.0 Å². The average molecular weight is 461 g/mol. The average Bonchev–Trinajstić information content (AvgIpc) is 3.31. The van der Waals surface area contributed by atoms with Crippen LogP contribution in [0.25, 0.3) is 0 Å². The fraction of sp³-hybridized carbons (Fsp3) is 0.318. The van der Waals surface area contributed by atoms with Gasteiger partial charge in [-0.15, -0.1) is 0 Å². The first-order valence-electron chi connectivity index (χ1n) is 10.0. The number of hydrogen-bond acceptors (Lipinski definition) is 7. The van der Waals surface area contributed by atoms with Gasteiger partial charge < -0.3 is 29.3 Å². The van der Waals surface area contributed by atoms with Gasteiger partial charge in [0.1, 0.15) is 30.8 Å². The zero-order valence-electron chi connectivity index (χ0n) is 17.2. The van der Waals surface area contributed by atoms with Crippen molar-refractivity contribution >= 4 is 29.6 Å². The largest absolute Gasteiger partial charge is 0.492 e. The predicted octanol–water partition coefficient (Wildman–Crippen LogP) is 2.90. The molecule has 0 fully saturated rings. The van der Waals surface area contributed by atoms with E-state index in [0.29, 0.717) is 23.0 Å². The molecule has 10 heteroatoms. The summed E-state index contributed by atoms with van der Waals surface area (Å²) < 4.78 is 21.6. The van der Waals surface area contributed by atoms with Crippen LogP contribution >= 0.6 is 11.6 Å². The molecule has 32 heavy (non-hydrogen) atoms. The van der Waals surface area contributed by atoms with Crippen molar-refractivity contribution in [1.29, 1.82) is 0 Å². The first kappa shape index (κ1) is 21.8. The minimum absolute atomic E-state index is 0.103. The number of halogens is 1. The number of rotatable bonds is 6. The Morgan fingerprint density at radius 1 is 1.25 bits per heavy atom. The van der Waals surface area contributed by atoms with Gasteiger partial charge in [0.05, 0.1) is 30.1 Å². The lowest BCUT2D eigenvalue weighted by Crippen LogP contribution is -2.47. The van der Waals surface area contributed by atoms with E-state index in [2.05, 4.69) is 10.6 Å². The van der Waals surface area contributed by atoms with Crippen LogP contribution in [0.2, 0.25) is 5.02 Å². The molecule has 0 unspecified atom stereocenters. The monoisotopic (exact) mass is 460 g/mol. The number of benzene rings is 1.